The van der Waals surface area contributed by atoms with Crippen molar-refractivity contribution in [1.29, 1.82) is 5.26 Å². The number of thioether (sulfide) groups is 1. The summed E-state index contributed by atoms with van der Waals surface area (Å²) >= 11 is 7.53. The maximum Gasteiger partial charge on any atom is 0.244 e. The van der Waals surface area contributed by atoms with Crippen molar-refractivity contribution in [2.75, 3.05) is 25.1 Å². The van der Waals surface area contributed by atoms with Crippen LogP contribution in [0.1, 0.15) is 12.0 Å². The summed E-state index contributed by atoms with van der Waals surface area (Å²) in [7, 11) is -3.61. The van der Waals surface area contributed by atoms with Crippen molar-refractivity contribution < 1.29 is 8.42 Å². The van der Waals surface area contributed by atoms with Crippen LogP contribution in [0.3, 0.4) is 0 Å². The number of nitrogens with zero attached hydrogens (tertiary/aromatic N) is 2. The first kappa shape index (κ1) is 15.6. The Labute approximate surface area is 128 Å². The van der Waals surface area contributed by atoms with E-state index in [4.69, 9.17) is 16.9 Å². The molecule has 108 valence electrons. The largest absolute Gasteiger partial charge is 0.244 e. The molecule has 1 aromatic rings. The van der Waals surface area contributed by atoms with E-state index in [1.165, 1.54) is 22.5 Å². The van der Waals surface area contributed by atoms with Gasteiger partial charge in [0.25, 0.3) is 0 Å². The molecule has 1 aromatic carbocycles. The second kappa shape index (κ2) is 6.35. The van der Waals surface area contributed by atoms with Gasteiger partial charge in [-0.1, -0.05) is 11.6 Å². The highest BCUT2D eigenvalue weighted by Crippen LogP contribution is 2.28. The monoisotopic (exact) mass is 330 g/mol. The van der Waals surface area contributed by atoms with E-state index in [2.05, 4.69) is 0 Å². The van der Waals surface area contributed by atoms with Crippen molar-refractivity contribution in [3.63, 3.8) is 0 Å². The highest BCUT2D eigenvalue weighted by molar-refractivity contribution is 7.98. The lowest BCUT2D eigenvalue weighted by Crippen LogP contribution is -2.29. The van der Waals surface area contributed by atoms with Crippen LogP contribution in [0.2, 0.25) is 5.02 Å². The molecule has 2 rings (SSSR count). The van der Waals surface area contributed by atoms with Gasteiger partial charge in [-0.2, -0.15) is 21.3 Å². The summed E-state index contributed by atoms with van der Waals surface area (Å²) < 4.78 is 26.7. The molecule has 1 heterocycles. The van der Waals surface area contributed by atoms with Crippen molar-refractivity contribution in [1.82, 2.24) is 4.31 Å². The lowest BCUT2D eigenvalue weighted by Gasteiger charge is -2.17. The Morgan fingerprint density at radius 1 is 1.55 bits per heavy atom. The van der Waals surface area contributed by atoms with Crippen LogP contribution < -0.4 is 0 Å². The van der Waals surface area contributed by atoms with Crippen LogP contribution in [0.5, 0.6) is 0 Å². The normalized spacial score (nSPS) is 19.9. The first-order valence-corrected chi connectivity index (χ1v) is 9.39. The first-order valence-electron chi connectivity index (χ1n) is 6.17. The molecule has 7 heteroatoms. The van der Waals surface area contributed by atoms with Crippen LogP contribution in [-0.4, -0.2) is 37.8 Å². The third-order valence-electron chi connectivity index (χ3n) is 3.33. The van der Waals surface area contributed by atoms with E-state index in [1.807, 2.05) is 12.3 Å². The number of hydrogen-bond donors (Lipinski definition) is 0. The minimum Gasteiger partial charge on any atom is -0.207 e. The number of rotatable bonds is 4. The molecule has 0 bridgehead atoms. The molecular weight excluding hydrogens is 316 g/mol. The minimum atomic E-state index is -3.61. The van der Waals surface area contributed by atoms with Crippen LogP contribution in [0.4, 0.5) is 0 Å². The topological polar surface area (TPSA) is 61.2 Å². The van der Waals surface area contributed by atoms with Crippen LogP contribution in [0, 0.1) is 17.2 Å². The standard InChI is InChI=1S/C13H15ClN2O2S2/c1-19-9-10-4-5-16(8-10)20(17,18)13-3-2-12(14)6-11(13)7-15/h2-3,6,10H,4-5,8-9H2,1H3/t10-/m0/s1. The Balaban J connectivity index is 2.30. The smallest absolute Gasteiger partial charge is 0.207 e. The Bertz CT molecular complexity index is 640. The average molecular weight is 331 g/mol. The molecule has 1 atom stereocenters. The van der Waals surface area contributed by atoms with E-state index in [-0.39, 0.29) is 10.5 Å². The third-order valence-corrected chi connectivity index (χ3v) is 6.29. The predicted molar refractivity (Wildman–Crippen MR) is 81.4 cm³/mol. The molecule has 0 aromatic heterocycles. The maximum atomic E-state index is 12.6. The van der Waals surface area contributed by atoms with Gasteiger partial charge in [-0.05, 0) is 42.5 Å². The van der Waals surface area contributed by atoms with E-state index in [0.717, 1.165) is 12.2 Å². The van der Waals surface area contributed by atoms with Gasteiger partial charge in [-0.3, -0.25) is 0 Å². The van der Waals surface area contributed by atoms with E-state index in [9.17, 15) is 8.42 Å². The minimum absolute atomic E-state index is 0.0502. The van der Waals surface area contributed by atoms with Crippen molar-refractivity contribution in [2.24, 2.45) is 5.92 Å². The van der Waals surface area contributed by atoms with Gasteiger partial charge in [0, 0.05) is 18.1 Å². The van der Waals surface area contributed by atoms with E-state index in [0.29, 0.717) is 24.0 Å². The van der Waals surface area contributed by atoms with Crippen LogP contribution in [0.25, 0.3) is 0 Å². The molecule has 4 nitrogen and oxygen atoms in total. The van der Waals surface area contributed by atoms with E-state index >= 15 is 0 Å². The van der Waals surface area contributed by atoms with Crippen molar-refractivity contribution in [2.45, 2.75) is 11.3 Å². The fourth-order valence-electron chi connectivity index (χ4n) is 2.34. The molecule has 0 N–H and O–H groups in total. The molecule has 0 aliphatic carbocycles. The summed E-state index contributed by atoms with van der Waals surface area (Å²) in [6.45, 7) is 1.04. The van der Waals surface area contributed by atoms with Gasteiger partial charge in [0.2, 0.25) is 10.0 Å². The predicted octanol–water partition coefficient (Wildman–Crippen LogP) is 2.59. The van der Waals surface area contributed by atoms with Crippen molar-refractivity contribution >= 4 is 33.4 Å². The van der Waals surface area contributed by atoms with Gasteiger partial charge in [0.05, 0.1) is 5.56 Å². The van der Waals surface area contributed by atoms with Gasteiger partial charge in [-0.25, -0.2) is 8.42 Å². The lowest BCUT2D eigenvalue weighted by molar-refractivity contribution is 0.465. The number of hydrogen-bond acceptors (Lipinski definition) is 4. The molecule has 1 aliphatic rings. The Kier molecular flexibility index (Phi) is 4.97. The van der Waals surface area contributed by atoms with Crippen molar-refractivity contribution in [3.05, 3.63) is 28.8 Å². The first-order chi connectivity index (χ1) is 9.48. The second-order valence-corrected chi connectivity index (χ2v) is 7.98. The fraction of sp³-hybridized carbons (Fsp3) is 0.462. The van der Waals surface area contributed by atoms with Gasteiger partial charge in [-0.15, -0.1) is 0 Å². The van der Waals surface area contributed by atoms with Crippen LogP contribution >= 0.6 is 23.4 Å². The molecular formula is C13H15ClN2O2S2. The average Bonchev–Trinajstić information content (AvgIpc) is 2.88. The Morgan fingerprint density at radius 3 is 2.95 bits per heavy atom. The summed E-state index contributed by atoms with van der Waals surface area (Å²) in [5.41, 5.74) is 0.103. The second-order valence-electron chi connectivity index (χ2n) is 4.73. The molecule has 0 saturated carbocycles. The number of benzene rings is 1. The van der Waals surface area contributed by atoms with Gasteiger partial charge < -0.3 is 0 Å². The van der Waals surface area contributed by atoms with Crippen molar-refractivity contribution in [3.8, 4) is 6.07 Å². The number of halogens is 1. The van der Waals surface area contributed by atoms with Crippen LogP contribution in [0.15, 0.2) is 23.1 Å². The molecule has 20 heavy (non-hydrogen) atoms. The van der Waals surface area contributed by atoms with Gasteiger partial charge >= 0.3 is 0 Å². The summed E-state index contributed by atoms with van der Waals surface area (Å²) in [5, 5.41) is 9.45. The summed E-state index contributed by atoms with van der Waals surface area (Å²) in [5.74, 6) is 1.34. The zero-order valence-corrected chi connectivity index (χ0v) is 13.4. The molecule has 1 fully saturated rings. The molecule has 0 spiro atoms. The highest BCUT2D eigenvalue weighted by atomic mass is 35.5. The van der Waals surface area contributed by atoms with E-state index in [1.54, 1.807) is 11.8 Å². The number of nitriles is 1. The summed E-state index contributed by atoms with van der Waals surface area (Å²) in [6, 6.07) is 6.22. The quantitative estimate of drug-likeness (QED) is 0.851. The fourth-order valence-corrected chi connectivity index (χ4v) is 4.91. The molecule has 0 amide bonds. The molecule has 1 aliphatic heterocycles. The third kappa shape index (κ3) is 3.12. The zero-order valence-electron chi connectivity index (χ0n) is 11.0. The maximum absolute atomic E-state index is 12.6. The molecule has 1 saturated heterocycles. The van der Waals surface area contributed by atoms with Crippen LogP contribution in [-0.2, 0) is 10.0 Å². The summed E-state index contributed by atoms with van der Waals surface area (Å²) in [4.78, 5) is 0.0502. The zero-order chi connectivity index (χ0) is 14.8. The molecule has 0 radical (unpaired) electrons. The molecule has 0 unspecified atom stereocenters. The Hall–Kier alpha value is -0.740. The van der Waals surface area contributed by atoms with E-state index < -0.39 is 10.0 Å². The van der Waals surface area contributed by atoms with Gasteiger partial charge in [0.15, 0.2) is 0 Å². The SMILES string of the molecule is CSC[C@H]1CCN(S(=O)(=O)c2ccc(Cl)cc2C#N)C1. The highest BCUT2D eigenvalue weighted by Gasteiger charge is 2.33. The lowest BCUT2D eigenvalue weighted by atomic mass is 10.2. The number of sulfonamides is 1. The van der Waals surface area contributed by atoms with Gasteiger partial charge in [0.1, 0.15) is 11.0 Å². The summed E-state index contributed by atoms with van der Waals surface area (Å²) in [6.07, 6.45) is 2.89. The Morgan fingerprint density at radius 2 is 2.30 bits per heavy atom.